The highest BCUT2D eigenvalue weighted by Gasteiger charge is 2.18. The van der Waals surface area contributed by atoms with Crippen molar-refractivity contribution in [2.75, 3.05) is 0 Å². The maximum absolute atomic E-state index is 2.44. The number of hydrogen-bond donors (Lipinski definition) is 0. The fourth-order valence-corrected chi connectivity index (χ4v) is 6.80. The highest BCUT2D eigenvalue weighted by molar-refractivity contribution is 6.19. The average molecular weight is 523 g/mol. The smallest absolute Gasteiger partial charge is 0.0548 e. The molecular weight excluding hydrogens is 496 g/mol. The summed E-state index contributed by atoms with van der Waals surface area (Å²) in [7, 11) is 0. The second-order valence-corrected chi connectivity index (χ2v) is 11.2. The van der Waals surface area contributed by atoms with Crippen LogP contribution in [0.25, 0.3) is 76.5 Å². The van der Waals surface area contributed by atoms with Crippen LogP contribution in [0.1, 0.15) is 5.56 Å². The summed E-state index contributed by atoms with van der Waals surface area (Å²) in [6.45, 7) is 2.16. The first-order valence-electron chi connectivity index (χ1n) is 14.2. The molecule has 192 valence electrons. The van der Waals surface area contributed by atoms with Gasteiger partial charge in [-0.1, -0.05) is 96.6 Å². The maximum Gasteiger partial charge on any atom is 0.0548 e. The Labute approximate surface area is 237 Å². The quantitative estimate of drug-likeness (QED) is 0.214. The number of hydrogen-bond acceptors (Lipinski definition) is 0. The Morgan fingerprint density at radius 3 is 1.46 bits per heavy atom. The largest absolute Gasteiger partial charge is 0.309 e. The topological polar surface area (TPSA) is 9.86 Å². The first-order chi connectivity index (χ1) is 20.2. The van der Waals surface area contributed by atoms with E-state index in [9.17, 15) is 0 Å². The molecule has 0 atom stereocenters. The molecule has 0 fully saturated rings. The summed E-state index contributed by atoms with van der Waals surface area (Å²) in [6, 6.07) is 51.3. The lowest BCUT2D eigenvalue weighted by Crippen LogP contribution is -1.95. The molecule has 0 unspecified atom stereocenters. The summed E-state index contributed by atoms with van der Waals surface area (Å²) in [4.78, 5) is 0. The molecule has 2 heteroatoms. The monoisotopic (exact) mass is 522 g/mol. The molecule has 0 amide bonds. The SMILES string of the molecule is Cc1ccc2ccc(-n3c4ccccc4c4cc5c(cc43)c3ccccc3n5-c3ccc4ccccc4c3)cc2c1. The molecule has 0 aliphatic heterocycles. The lowest BCUT2D eigenvalue weighted by molar-refractivity contribution is 1.18. The van der Waals surface area contributed by atoms with Crippen LogP contribution in [0.5, 0.6) is 0 Å². The zero-order valence-electron chi connectivity index (χ0n) is 22.7. The number of aromatic nitrogens is 2. The number of nitrogens with zero attached hydrogens (tertiary/aromatic N) is 2. The molecule has 0 N–H and O–H groups in total. The van der Waals surface area contributed by atoms with Crippen LogP contribution in [0.3, 0.4) is 0 Å². The minimum Gasteiger partial charge on any atom is -0.309 e. The average Bonchev–Trinajstić information content (AvgIpc) is 3.51. The van der Waals surface area contributed by atoms with Crippen molar-refractivity contribution in [3.05, 3.63) is 145 Å². The van der Waals surface area contributed by atoms with Crippen molar-refractivity contribution in [1.82, 2.24) is 9.13 Å². The van der Waals surface area contributed by atoms with Gasteiger partial charge in [0.25, 0.3) is 0 Å². The zero-order chi connectivity index (χ0) is 27.1. The van der Waals surface area contributed by atoms with E-state index in [1.165, 1.54) is 82.1 Å². The summed E-state index contributed by atoms with van der Waals surface area (Å²) in [6.07, 6.45) is 0. The number of benzene rings is 7. The number of fused-ring (bicyclic) bond motifs is 8. The van der Waals surface area contributed by atoms with Crippen LogP contribution in [-0.4, -0.2) is 9.13 Å². The van der Waals surface area contributed by atoms with Crippen molar-refractivity contribution in [3.63, 3.8) is 0 Å². The van der Waals surface area contributed by atoms with E-state index < -0.39 is 0 Å². The van der Waals surface area contributed by atoms with E-state index in [4.69, 9.17) is 0 Å². The van der Waals surface area contributed by atoms with E-state index in [1.54, 1.807) is 0 Å². The van der Waals surface area contributed by atoms with Gasteiger partial charge in [-0.15, -0.1) is 0 Å². The fraction of sp³-hybridized carbons (Fsp3) is 0.0256. The second-order valence-electron chi connectivity index (χ2n) is 11.2. The van der Waals surface area contributed by atoms with Crippen molar-refractivity contribution < 1.29 is 0 Å². The number of rotatable bonds is 2. The molecule has 9 aromatic rings. The summed E-state index contributed by atoms with van der Waals surface area (Å²) in [5, 5.41) is 10.1. The molecule has 0 spiro atoms. The van der Waals surface area contributed by atoms with Gasteiger partial charge in [-0.3, -0.25) is 0 Å². The molecular formula is C39H26N2. The maximum atomic E-state index is 2.44. The van der Waals surface area contributed by atoms with Gasteiger partial charge in [0.15, 0.2) is 0 Å². The minimum atomic E-state index is 1.18. The van der Waals surface area contributed by atoms with Crippen molar-refractivity contribution >= 4 is 65.2 Å². The lowest BCUT2D eigenvalue weighted by Gasteiger charge is -2.11. The van der Waals surface area contributed by atoms with Crippen LogP contribution in [-0.2, 0) is 0 Å². The Morgan fingerprint density at radius 1 is 0.341 bits per heavy atom. The lowest BCUT2D eigenvalue weighted by atomic mass is 10.1. The van der Waals surface area contributed by atoms with Crippen molar-refractivity contribution in [2.24, 2.45) is 0 Å². The summed E-state index contributed by atoms with van der Waals surface area (Å²) >= 11 is 0. The number of para-hydroxylation sites is 2. The fourth-order valence-electron chi connectivity index (χ4n) is 6.80. The Balaban J connectivity index is 1.40. The highest BCUT2D eigenvalue weighted by atomic mass is 15.0. The molecule has 7 aromatic carbocycles. The minimum absolute atomic E-state index is 1.18. The van der Waals surface area contributed by atoms with Crippen molar-refractivity contribution in [2.45, 2.75) is 6.92 Å². The predicted molar refractivity (Wildman–Crippen MR) is 175 cm³/mol. The predicted octanol–water partition coefficient (Wildman–Crippen LogP) is 10.5. The third-order valence-corrected chi connectivity index (χ3v) is 8.69. The normalized spacial score (nSPS) is 12.0. The standard InChI is InChI=1S/C39H26N2/c1-25-14-15-27-17-19-31(22-29(27)20-25)41-37-13-7-5-11-33(37)35-23-38-34(24-39(35)41)32-10-4-6-12-36(32)40(38)30-18-16-26-8-2-3-9-28(26)21-30/h2-24H,1H3. The summed E-state index contributed by atoms with van der Waals surface area (Å²) in [5.41, 5.74) is 8.55. The molecule has 0 bridgehead atoms. The van der Waals surface area contributed by atoms with Gasteiger partial charge in [0.05, 0.1) is 22.1 Å². The molecule has 2 aromatic heterocycles. The molecule has 9 rings (SSSR count). The molecule has 0 radical (unpaired) electrons. The molecule has 2 heterocycles. The molecule has 0 saturated heterocycles. The van der Waals surface area contributed by atoms with E-state index in [2.05, 4.69) is 156 Å². The van der Waals surface area contributed by atoms with Gasteiger partial charge >= 0.3 is 0 Å². The van der Waals surface area contributed by atoms with Crippen LogP contribution in [0.15, 0.2) is 140 Å². The van der Waals surface area contributed by atoms with Gasteiger partial charge in [-0.25, -0.2) is 0 Å². The third-order valence-electron chi connectivity index (χ3n) is 8.69. The highest BCUT2D eigenvalue weighted by Crippen LogP contribution is 2.40. The van der Waals surface area contributed by atoms with Gasteiger partial charge < -0.3 is 9.13 Å². The third kappa shape index (κ3) is 3.25. The van der Waals surface area contributed by atoms with Gasteiger partial charge in [0, 0.05) is 32.9 Å². The van der Waals surface area contributed by atoms with Crippen LogP contribution >= 0.6 is 0 Å². The Hall–Kier alpha value is -5.34. The zero-order valence-corrected chi connectivity index (χ0v) is 22.7. The van der Waals surface area contributed by atoms with Crippen LogP contribution < -0.4 is 0 Å². The Morgan fingerprint density at radius 2 is 0.829 bits per heavy atom. The van der Waals surface area contributed by atoms with Crippen LogP contribution in [0.4, 0.5) is 0 Å². The first-order valence-corrected chi connectivity index (χ1v) is 14.2. The molecule has 41 heavy (non-hydrogen) atoms. The molecule has 2 nitrogen and oxygen atoms in total. The van der Waals surface area contributed by atoms with Crippen LogP contribution in [0, 0.1) is 6.92 Å². The first kappa shape index (κ1) is 22.5. The summed E-state index contributed by atoms with van der Waals surface area (Å²) < 4.78 is 4.87. The van der Waals surface area contributed by atoms with E-state index in [0.717, 1.165) is 0 Å². The van der Waals surface area contributed by atoms with Gasteiger partial charge in [0.2, 0.25) is 0 Å². The Bertz CT molecular complexity index is 2490. The molecule has 0 aliphatic rings. The number of aryl methyl sites for hydroxylation is 1. The van der Waals surface area contributed by atoms with E-state index in [1.807, 2.05) is 0 Å². The molecule has 0 saturated carbocycles. The Kier molecular flexibility index (Phi) is 4.57. The van der Waals surface area contributed by atoms with E-state index in [0.29, 0.717) is 0 Å². The van der Waals surface area contributed by atoms with E-state index >= 15 is 0 Å². The van der Waals surface area contributed by atoms with Crippen molar-refractivity contribution in [3.8, 4) is 11.4 Å². The van der Waals surface area contributed by atoms with Gasteiger partial charge in [0.1, 0.15) is 0 Å². The van der Waals surface area contributed by atoms with E-state index in [-0.39, 0.29) is 0 Å². The van der Waals surface area contributed by atoms with Crippen LogP contribution in [0.2, 0.25) is 0 Å². The second kappa shape index (κ2) is 8.33. The molecule has 0 aliphatic carbocycles. The van der Waals surface area contributed by atoms with Crippen molar-refractivity contribution in [1.29, 1.82) is 0 Å². The summed E-state index contributed by atoms with van der Waals surface area (Å²) in [5.74, 6) is 0. The van der Waals surface area contributed by atoms with Gasteiger partial charge in [-0.05, 0) is 77.0 Å². The van der Waals surface area contributed by atoms with Gasteiger partial charge in [-0.2, -0.15) is 0 Å².